The van der Waals surface area contributed by atoms with Crippen LogP contribution < -0.4 is 10.9 Å². The molecule has 166 valence electrons. The van der Waals surface area contributed by atoms with Gasteiger partial charge in [-0.1, -0.05) is 23.7 Å². The molecule has 9 nitrogen and oxygen atoms in total. The third-order valence-corrected chi connectivity index (χ3v) is 5.57. The number of methoxy groups -OCH3 is 1. The Kier molecular flexibility index (Phi) is 6.49. The van der Waals surface area contributed by atoms with Gasteiger partial charge in [0.1, 0.15) is 12.0 Å². The van der Waals surface area contributed by atoms with Crippen molar-refractivity contribution in [1.82, 2.24) is 19.8 Å². The van der Waals surface area contributed by atoms with Crippen molar-refractivity contribution < 1.29 is 23.8 Å². The summed E-state index contributed by atoms with van der Waals surface area (Å²) in [6, 6.07) is 4.33. The van der Waals surface area contributed by atoms with Crippen molar-refractivity contribution in [1.29, 1.82) is 0 Å². The van der Waals surface area contributed by atoms with Gasteiger partial charge in [0.15, 0.2) is 5.69 Å². The van der Waals surface area contributed by atoms with E-state index >= 15 is 0 Å². The number of ether oxygens (including phenoxy) is 1. The summed E-state index contributed by atoms with van der Waals surface area (Å²) in [6.07, 6.45) is -2.25. The third kappa shape index (κ3) is 4.48. The van der Waals surface area contributed by atoms with Crippen LogP contribution in [0.2, 0.25) is 5.02 Å². The van der Waals surface area contributed by atoms with Gasteiger partial charge in [-0.2, -0.15) is 0 Å². The van der Waals surface area contributed by atoms with Crippen LogP contribution in [0.5, 0.6) is 5.75 Å². The van der Waals surface area contributed by atoms with Gasteiger partial charge < -0.3 is 15.2 Å². The molecule has 2 N–H and O–H groups in total. The fourth-order valence-electron chi connectivity index (χ4n) is 3.42. The number of hydrogen-bond donors (Lipinski definition) is 2. The Bertz CT molecular complexity index is 1090. The summed E-state index contributed by atoms with van der Waals surface area (Å²) in [7, 11) is 2.48. The Morgan fingerprint density at radius 1 is 1.42 bits per heavy atom. The topological polar surface area (TPSA) is 114 Å². The second kappa shape index (κ2) is 8.93. The van der Waals surface area contributed by atoms with E-state index in [1.54, 1.807) is 18.2 Å². The zero-order valence-corrected chi connectivity index (χ0v) is 17.9. The largest absolute Gasteiger partial charge is 0.501 e. The molecule has 0 unspecified atom stereocenters. The van der Waals surface area contributed by atoms with Gasteiger partial charge >= 0.3 is 6.09 Å². The van der Waals surface area contributed by atoms with Gasteiger partial charge in [-0.15, -0.1) is 0 Å². The number of amides is 2. The van der Waals surface area contributed by atoms with Crippen LogP contribution >= 0.6 is 11.6 Å². The average Bonchev–Trinajstić information content (AvgIpc) is 3.13. The Hall–Kier alpha value is -3.14. The number of likely N-dealkylation sites (tertiary alicyclic amines) is 1. The number of benzene rings is 1. The van der Waals surface area contributed by atoms with Crippen molar-refractivity contribution in [2.45, 2.75) is 32.1 Å². The van der Waals surface area contributed by atoms with Crippen LogP contribution in [0.15, 0.2) is 23.0 Å². The highest BCUT2D eigenvalue weighted by molar-refractivity contribution is 6.31. The first-order chi connectivity index (χ1) is 14.6. The molecule has 0 saturated carbocycles. The number of nitrogens with one attached hydrogen (secondary N) is 1. The quantitative estimate of drug-likeness (QED) is 0.735. The van der Waals surface area contributed by atoms with Gasteiger partial charge in [0.25, 0.3) is 11.5 Å². The number of aromatic hydroxyl groups is 1. The number of nitrogens with zero attached hydrogens (tertiary/aromatic N) is 3. The maximum atomic E-state index is 14.0. The highest BCUT2D eigenvalue weighted by Gasteiger charge is 2.40. The SMILES string of the molecule is COC(=O)N1C[C@@H](F)C[C@H]1c1nc(C(=O)NCc2ccc(C)c(Cl)c2)c(O)c(=O)n1C. The first-order valence-corrected chi connectivity index (χ1v) is 9.83. The van der Waals surface area contributed by atoms with Crippen LogP contribution in [0.3, 0.4) is 0 Å². The van der Waals surface area contributed by atoms with E-state index in [9.17, 15) is 23.9 Å². The van der Waals surface area contributed by atoms with Crippen molar-refractivity contribution in [3.05, 3.63) is 56.2 Å². The monoisotopic (exact) mass is 452 g/mol. The predicted molar refractivity (Wildman–Crippen MR) is 110 cm³/mol. The van der Waals surface area contributed by atoms with E-state index in [0.29, 0.717) is 10.6 Å². The van der Waals surface area contributed by atoms with Crippen LogP contribution in [0.4, 0.5) is 9.18 Å². The normalized spacial score (nSPS) is 18.2. The molecule has 11 heteroatoms. The Labute approximate surface area is 182 Å². The van der Waals surface area contributed by atoms with E-state index in [1.807, 2.05) is 6.92 Å². The lowest BCUT2D eigenvalue weighted by molar-refractivity contribution is 0.0941. The maximum Gasteiger partial charge on any atom is 0.410 e. The van der Waals surface area contributed by atoms with Crippen molar-refractivity contribution in [2.75, 3.05) is 13.7 Å². The van der Waals surface area contributed by atoms with E-state index in [2.05, 4.69) is 15.0 Å². The van der Waals surface area contributed by atoms with Gasteiger partial charge in [-0.3, -0.25) is 19.1 Å². The van der Waals surface area contributed by atoms with E-state index in [4.69, 9.17) is 11.6 Å². The molecule has 2 aromatic rings. The molecule has 2 atom stereocenters. The Morgan fingerprint density at radius 2 is 2.13 bits per heavy atom. The highest BCUT2D eigenvalue weighted by Crippen LogP contribution is 2.33. The molecule has 0 spiro atoms. The zero-order valence-electron chi connectivity index (χ0n) is 17.2. The van der Waals surface area contributed by atoms with E-state index < -0.39 is 41.2 Å². The molecule has 3 rings (SSSR count). The van der Waals surface area contributed by atoms with Gasteiger partial charge in [-0.05, 0) is 24.1 Å². The third-order valence-electron chi connectivity index (χ3n) is 5.16. The number of aryl methyl sites for hydroxylation is 1. The van der Waals surface area contributed by atoms with Crippen LogP contribution in [0.1, 0.15) is 39.9 Å². The van der Waals surface area contributed by atoms with Crippen molar-refractivity contribution in [3.8, 4) is 5.75 Å². The standard InChI is InChI=1S/C20H22ClFN4O5/c1-10-4-5-11(6-13(10)21)8-23-18(28)15-16(27)19(29)25(2)17(24-15)14-7-12(22)9-26(14)20(30)31-3/h4-6,12,14,27H,7-9H2,1-3H3,(H,23,28)/t12-,14-/m0/s1. The summed E-state index contributed by atoms with van der Waals surface area (Å²) in [5, 5.41) is 13.3. The molecule has 1 aliphatic rings. The molecule has 31 heavy (non-hydrogen) atoms. The van der Waals surface area contributed by atoms with Crippen molar-refractivity contribution >= 4 is 23.6 Å². The minimum absolute atomic E-state index is 0.0307. The molecular weight excluding hydrogens is 431 g/mol. The number of carbonyl (C=O) groups is 2. The van der Waals surface area contributed by atoms with E-state index in [0.717, 1.165) is 22.1 Å². The van der Waals surface area contributed by atoms with Crippen LogP contribution in [-0.4, -0.2) is 51.4 Å². The maximum absolute atomic E-state index is 14.0. The van der Waals surface area contributed by atoms with Crippen molar-refractivity contribution in [3.63, 3.8) is 0 Å². The smallest absolute Gasteiger partial charge is 0.410 e. The second-order valence-electron chi connectivity index (χ2n) is 7.27. The molecule has 0 aliphatic carbocycles. The number of rotatable bonds is 4. The Morgan fingerprint density at radius 3 is 2.77 bits per heavy atom. The summed E-state index contributed by atoms with van der Waals surface area (Å²) in [6.45, 7) is 1.69. The van der Waals surface area contributed by atoms with Gasteiger partial charge in [0.05, 0.1) is 19.7 Å². The van der Waals surface area contributed by atoms with Crippen LogP contribution in [0, 0.1) is 6.92 Å². The molecular formula is C20H22ClFN4O5. The minimum atomic E-state index is -1.35. The van der Waals surface area contributed by atoms with Crippen LogP contribution in [0.25, 0.3) is 0 Å². The first-order valence-electron chi connectivity index (χ1n) is 9.45. The van der Waals surface area contributed by atoms with Crippen LogP contribution in [-0.2, 0) is 18.3 Å². The molecule has 2 amide bonds. The predicted octanol–water partition coefficient (Wildman–Crippen LogP) is 2.23. The lowest BCUT2D eigenvalue weighted by Crippen LogP contribution is -2.36. The van der Waals surface area contributed by atoms with Crippen molar-refractivity contribution in [2.24, 2.45) is 7.05 Å². The Balaban J connectivity index is 1.91. The average molecular weight is 453 g/mol. The second-order valence-corrected chi connectivity index (χ2v) is 7.68. The summed E-state index contributed by atoms with van der Waals surface area (Å²) >= 11 is 6.08. The number of carbonyl (C=O) groups excluding carboxylic acids is 2. The molecule has 0 bridgehead atoms. The lowest BCUT2D eigenvalue weighted by Gasteiger charge is -2.24. The fraction of sp³-hybridized carbons (Fsp3) is 0.400. The van der Waals surface area contributed by atoms with Gasteiger partial charge in [-0.25, -0.2) is 14.2 Å². The lowest BCUT2D eigenvalue weighted by atomic mass is 10.1. The summed E-state index contributed by atoms with van der Waals surface area (Å²) in [5.74, 6) is -1.67. The fourth-order valence-corrected chi connectivity index (χ4v) is 3.63. The molecule has 1 aromatic carbocycles. The summed E-state index contributed by atoms with van der Waals surface area (Å²) in [5.41, 5.74) is 0.189. The van der Waals surface area contributed by atoms with E-state index in [-0.39, 0.29) is 25.3 Å². The number of alkyl halides is 1. The number of hydrogen-bond acceptors (Lipinski definition) is 6. The molecule has 1 aromatic heterocycles. The molecule has 0 radical (unpaired) electrons. The summed E-state index contributed by atoms with van der Waals surface area (Å²) in [4.78, 5) is 42.4. The molecule has 2 heterocycles. The van der Waals surface area contributed by atoms with Gasteiger partial charge in [0, 0.05) is 25.0 Å². The highest BCUT2D eigenvalue weighted by atomic mass is 35.5. The molecule has 1 fully saturated rings. The van der Waals surface area contributed by atoms with Gasteiger partial charge in [0.2, 0.25) is 5.75 Å². The summed E-state index contributed by atoms with van der Waals surface area (Å²) < 4.78 is 19.7. The number of aromatic nitrogens is 2. The molecule has 1 aliphatic heterocycles. The zero-order chi connectivity index (χ0) is 22.9. The molecule has 1 saturated heterocycles. The first kappa shape index (κ1) is 22.5. The number of halogens is 2. The van der Waals surface area contributed by atoms with E-state index in [1.165, 1.54) is 7.05 Å². The minimum Gasteiger partial charge on any atom is -0.501 e.